The monoisotopic (exact) mass is 638 g/mol. The quantitative estimate of drug-likeness (QED) is 0.151. The molecule has 0 spiro atoms. The van der Waals surface area contributed by atoms with Gasteiger partial charge in [-0.3, -0.25) is 4.79 Å². The summed E-state index contributed by atoms with van der Waals surface area (Å²) in [7, 11) is 1.37. The second-order valence-electron chi connectivity index (χ2n) is 15.8. The first-order valence-corrected chi connectivity index (χ1v) is 18.3. The third-order valence-corrected chi connectivity index (χ3v) is 13.4. The number of benzene rings is 1. The number of carbonyl (C=O) groups excluding carboxylic acids is 2. The molecule has 4 unspecified atom stereocenters. The molecule has 0 radical (unpaired) electrons. The van der Waals surface area contributed by atoms with E-state index in [4.69, 9.17) is 10.5 Å². The van der Waals surface area contributed by atoms with Gasteiger partial charge in [-0.05, 0) is 110 Å². The summed E-state index contributed by atoms with van der Waals surface area (Å²) in [6.07, 6.45) is 10.9. The number of esters is 1. The minimum absolute atomic E-state index is 0.0832. The lowest BCUT2D eigenvalue weighted by atomic mass is 9.43. The van der Waals surface area contributed by atoms with Crippen molar-refractivity contribution in [1.82, 2.24) is 16.0 Å². The predicted octanol–water partition coefficient (Wildman–Crippen LogP) is 4.44. The number of nitrogens with one attached hydrogen (secondary N) is 3. The van der Waals surface area contributed by atoms with E-state index in [2.05, 4.69) is 36.7 Å². The van der Waals surface area contributed by atoms with E-state index in [1.807, 2.05) is 30.3 Å². The van der Waals surface area contributed by atoms with E-state index in [0.29, 0.717) is 66.4 Å². The smallest absolute Gasteiger partial charge is 0.328 e. The summed E-state index contributed by atoms with van der Waals surface area (Å²) in [4.78, 5) is 25.6. The Morgan fingerprint density at radius 2 is 1.74 bits per heavy atom. The van der Waals surface area contributed by atoms with Crippen LogP contribution in [0.25, 0.3) is 0 Å². The van der Waals surface area contributed by atoms with Gasteiger partial charge in [0.25, 0.3) is 0 Å². The zero-order valence-electron chi connectivity index (χ0n) is 28.9. The molecule has 11 atom stereocenters. The number of fused-ring (bicyclic) bond motifs is 5. The first kappa shape index (κ1) is 35.3. The van der Waals surface area contributed by atoms with Gasteiger partial charge in [-0.25, -0.2) is 4.79 Å². The molecule has 258 valence electrons. The van der Waals surface area contributed by atoms with Crippen molar-refractivity contribution in [2.45, 2.75) is 110 Å². The highest BCUT2D eigenvalue weighted by Crippen LogP contribution is 2.68. The summed E-state index contributed by atoms with van der Waals surface area (Å²) in [6.45, 7) is 10.9. The molecule has 4 fully saturated rings. The first-order chi connectivity index (χ1) is 22.1. The molecule has 1 amide bonds. The molecule has 0 aromatic heterocycles. The van der Waals surface area contributed by atoms with E-state index in [1.165, 1.54) is 52.1 Å². The molecule has 6 N–H and O–H groups in total. The summed E-state index contributed by atoms with van der Waals surface area (Å²) in [5.41, 5.74) is 7.13. The van der Waals surface area contributed by atoms with Gasteiger partial charge in [-0.1, -0.05) is 51.1 Å². The van der Waals surface area contributed by atoms with E-state index < -0.39 is 12.0 Å². The van der Waals surface area contributed by atoms with E-state index in [1.54, 1.807) is 0 Å². The number of methoxy groups -OCH3 is 1. The van der Waals surface area contributed by atoms with Crippen LogP contribution >= 0.6 is 0 Å². The van der Waals surface area contributed by atoms with Crippen molar-refractivity contribution in [3.63, 3.8) is 0 Å². The number of ether oxygens (including phenoxy) is 1. The predicted molar refractivity (Wildman–Crippen MR) is 183 cm³/mol. The summed E-state index contributed by atoms with van der Waals surface area (Å²) in [5.74, 6) is 2.61. The largest absolute Gasteiger partial charge is 0.467 e. The van der Waals surface area contributed by atoms with Crippen molar-refractivity contribution in [2.24, 2.45) is 52.1 Å². The Bertz CT molecular complexity index is 1150. The van der Waals surface area contributed by atoms with Crippen molar-refractivity contribution >= 4 is 11.9 Å². The molecule has 1 aromatic carbocycles. The van der Waals surface area contributed by atoms with Crippen LogP contribution < -0.4 is 21.7 Å². The lowest BCUT2D eigenvalue weighted by Gasteiger charge is -2.62. The molecule has 0 aliphatic heterocycles. The average Bonchev–Trinajstić information content (AvgIpc) is 3.41. The number of nitrogens with two attached hydrogens (primary N) is 1. The highest BCUT2D eigenvalue weighted by atomic mass is 16.5. The third kappa shape index (κ3) is 7.50. The van der Waals surface area contributed by atoms with Crippen LogP contribution in [-0.4, -0.2) is 68.5 Å². The van der Waals surface area contributed by atoms with Gasteiger partial charge in [0.15, 0.2) is 0 Å². The second kappa shape index (κ2) is 15.5. The number of hydrogen-bond acceptors (Lipinski definition) is 7. The van der Waals surface area contributed by atoms with Crippen LogP contribution in [0.4, 0.5) is 0 Å². The maximum atomic E-state index is 13.1. The van der Waals surface area contributed by atoms with Crippen molar-refractivity contribution in [2.75, 3.05) is 33.3 Å². The summed E-state index contributed by atoms with van der Waals surface area (Å²) < 4.78 is 5.01. The molecule has 0 bridgehead atoms. The van der Waals surface area contributed by atoms with Gasteiger partial charge in [0.2, 0.25) is 5.91 Å². The van der Waals surface area contributed by atoms with Crippen LogP contribution in [0.5, 0.6) is 0 Å². The average molecular weight is 639 g/mol. The standard InChI is InChI=1S/C38H62N4O4/c1-25(10-13-34(44)42-32(36(45)46-4)22-26-8-6-5-7-9-26)29-11-12-30-35-31(15-17-38(29,30)3)37(2)16-14-28(23-27(37)24-33(35)43)41-21-20-40-19-18-39/h5-9,25,27-33,35,40-41,43H,10-24,39H2,1-4H3,(H,42,44)/t25-,27+,28+,29?,30?,31?,32+,33-,35?,37+,38-/m1/s1. The van der Waals surface area contributed by atoms with Crippen molar-refractivity contribution in [3.05, 3.63) is 35.9 Å². The zero-order valence-corrected chi connectivity index (χ0v) is 28.9. The van der Waals surface area contributed by atoms with Crippen LogP contribution in [0.1, 0.15) is 90.5 Å². The second-order valence-corrected chi connectivity index (χ2v) is 15.8. The van der Waals surface area contributed by atoms with Crippen LogP contribution in [0.15, 0.2) is 30.3 Å². The number of carbonyl (C=O) groups is 2. The van der Waals surface area contributed by atoms with Crippen molar-refractivity contribution in [1.29, 1.82) is 0 Å². The Kier molecular flexibility index (Phi) is 11.9. The Balaban J connectivity index is 1.16. The van der Waals surface area contributed by atoms with Gasteiger partial charge < -0.3 is 31.5 Å². The van der Waals surface area contributed by atoms with E-state index in [-0.39, 0.29) is 17.4 Å². The van der Waals surface area contributed by atoms with Gasteiger partial charge in [-0.2, -0.15) is 0 Å². The maximum Gasteiger partial charge on any atom is 0.328 e. The van der Waals surface area contributed by atoms with Crippen LogP contribution in [0, 0.1) is 46.3 Å². The van der Waals surface area contributed by atoms with Crippen LogP contribution in [0.3, 0.4) is 0 Å². The Morgan fingerprint density at radius 3 is 2.48 bits per heavy atom. The molecule has 0 heterocycles. The van der Waals surface area contributed by atoms with E-state index in [9.17, 15) is 14.7 Å². The Morgan fingerprint density at radius 1 is 1.00 bits per heavy atom. The van der Waals surface area contributed by atoms with Crippen molar-refractivity contribution < 1.29 is 19.4 Å². The lowest BCUT2D eigenvalue weighted by molar-refractivity contribution is -0.167. The highest BCUT2D eigenvalue weighted by molar-refractivity contribution is 5.84. The Hall–Kier alpha value is -2.00. The summed E-state index contributed by atoms with van der Waals surface area (Å²) in [5, 5.41) is 21.9. The molecule has 4 aliphatic carbocycles. The first-order valence-electron chi connectivity index (χ1n) is 18.3. The highest BCUT2D eigenvalue weighted by Gasteiger charge is 2.62. The number of aliphatic hydroxyl groups excluding tert-OH is 1. The summed E-state index contributed by atoms with van der Waals surface area (Å²) >= 11 is 0. The molecular formula is C38H62N4O4. The fraction of sp³-hybridized carbons (Fsp3) is 0.789. The number of hydrogen-bond donors (Lipinski definition) is 5. The van der Waals surface area contributed by atoms with Gasteiger partial charge in [0, 0.05) is 45.1 Å². The molecule has 5 rings (SSSR count). The van der Waals surface area contributed by atoms with E-state index in [0.717, 1.165) is 38.0 Å². The molecule has 4 aliphatic rings. The third-order valence-electron chi connectivity index (χ3n) is 13.4. The zero-order chi connectivity index (χ0) is 32.9. The summed E-state index contributed by atoms with van der Waals surface area (Å²) in [6, 6.07) is 9.62. The van der Waals surface area contributed by atoms with Gasteiger partial charge in [-0.15, -0.1) is 0 Å². The van der Waals surface area contributed by atoms with Crippen LogP contribution in [0.2, 0.25) is 0 Å². The normalized spacial score (nSPS) is 36.5. The van der Waals surface area contributed by atoms with Gasteiger partial charge >= 0.3 is 5.97 Å². The molecule has 0 saturated heterocycles. The van der Waals surface area contributed by atoms with E-state index >= 15 is 0 Å². The maximum absolute atomic E-state index is 13.1. The molecule has 46 heavy (non-hydrogen) atoms. The minimum atomic E-state index is -0.680. The van der Waals surface area contributed by atoms with Crippen molar-refractivity contribution in [3.8, 4) is 0 Å². The number of amides is 1. The number of rotatable bonds is 14. The topological polar surface area (TPSA) is 126 Å². The lowest BCUT2D eigenvalue weighted by Crippen LogP contribution is -2.59. The molecule has 8 heteroatoms. The number of aliphatic hydroxyl groups is 1. The molecule has 1 aromatic rings. The molecular weight excluding hydrogens is 576 g/mol. The van der Waals surface area contributed by atoms with Crippen LogP contribution in [-0.2, 0) is 20.7 Å². The SMILES string of the molecule is COC(=O)[C@H](Cc1ccccc1)NC(=O)CC[C@@H](C)C1CCC2C3C(CC[C@@]21C)[C@@]1(C)CC[C@H](NCCNCCN)C[C@H]1C[C@H]3O. The van der Waals surface area contributed by atoms with Gasteiger partial charge in [0.05, 0.1) is 13.2 Å². The molecule has 8 nitrogen and oxygen atoms in total. The Labute approximate surface area is 277 Å². The fourth-order valence-electron chi connectivity index (χ4n) is 11.0. The molecule has 4 saturated carbocycles. The minimum Gasteiger partial charge on any atom is -0.467 e. The van der Waals surface area contributed by atoms with Gasteiger partial charge in [0.1, 0.15) is 6.04 Å². The fourth-order valence-corrected chi connectivity index (χ4v) is 11.0.